The average molecular weight is 406 g/mol. The summed E-state index contributed by atoms with van der Waals surface area (Å²) >= 11 is 0. The van der Waals surface area contributed by atoms with E-state index < -0.39 is 44.0 Å². The van der Waals surface area contributed by atoms with Crippen LogP contribution in [0.3, 0.4) is 0 Å². The van der Waals surface area contributed by atoms with Crippen molar-refractivity contribution >= 4 is 32.8 Å². The highest BCUT2D eigenvalue weighted by molar-refractivity contribution is 7.86. The Labute approximate surface area is 158 Å². The minimum Gasteiger partial charge on any atom is -0.366 e. The van der Waals surface area contributed by atoms with Crippen molar-refractivity contribution in [1.82, 2.24) is 15.0 Å². The zero-order valence-corrected chi connectivity index (χ0v) is 15.3. The summed E-state index contributed by atoms with van der Waals surface area (Å²) in [5.41, 5.74) is 3.93. The predicted octanol–water partition coefficient (Wildman–Crippen LogP) is 1.77. The molecular formula is C17H15FN4O5S. The van der Waals surface area contributed by atoms with Gasteiger partial charge in [-0.2, -0.15) is 8.42 Å². The number of hydrogen-bond donors (Lipinski definition) is 3. The van der Waals surface area contributed by atoms with Gasteiger partial charge in [0.25, 0.3) is 16.0 Å². The Bertz CT molecular complexity index is 1210. The summed E-state index contributed by atoms with van der Waals surface area (Å²) in [6.45, 7) is 1.45. The number of primary amides is 1. The zero-order chi connectivity index (χ0) is 20.6. The normalized spacial score (nSPS) is 12.8. The van der Waals surface area contributed by atoms with E-state index >= 15 is 4.39 Å². The van der Waals surface area contributed by atoms with E-state index in [2.05, 4.69) is 15.0 Å². The van der Waals surface area contributed by atoms with Gasteiger partial charge in [0.05, 0.1) is 16.7 Å². The molecule has 28 heavy (non-hydrogen) atoms. The number of carbonyl (C=O) groups is 2. The minimum absolute atomic E-state index is 0.0254. The zero-order valence-electron chi connectivity index (χ0n) is 14.5. The molecule has 2 heterocycles. The number of nitrogens with one attached hydrogen (secondary N) is 1. The molecule has 0 bridgehead atoms. The monoisotopic (exact) mass is 406 g/mol. The van der Waals surface area contributed by atoms with Crippen molar-refractivity contribution in [3.8, 4) is 0 Å². The molecule has 1 atom stereocenters. The van der Waals surface area contributed by atoms with Crippen LogP contribution in [0, 0.1) is 5.82 Å². The van der Waals surface area contributed by atoms with Crippen LogP contribution in [0.4, 0.5) is 4.39 Å². The lowest BCUT2D eigenvalue weighted by molar-refractivity contribution is 0.0996. The molecule has 1 aromatic carbocycles. The molecule has 1 unspecified atom stereocenters. The van der Waals surface area contributed by atoms with Crippen LogP contribution in [0.15, 0.2) is 30.9 Å². The maximum absolute atomic E-state index is 15.1. The number of hydrogen-bond acceptors (Lipinski definition) is 6. The van der Waals surface area contributed by atoms with Crippen LogP contribution >= 0.6 is 0 Å². The first-order valence-corrected chi connectivity index (χ1v) is 9.57. The van der Waals surface area contributed by atoms with Gasteiger partial charge in [0.15, 0.2) is 5.78 Å². The Kier molecular flexibility index (Phi) is 4.96. The van der Waals surface area contributed by atoms with Crippen LogP contribution in [0.25, 0.3) is 11.0 Å². The van der Waals surface area contributed by atoms with Crippen molar-refractivity contribution in [2.24, 2.45) is 5.73 Å². The number of ketones is 1. The number of nitrogens with two attached hydrogens (primary N) is 1. The van der Waals surface area contributed by atoms with Gasteiger partial charge in [-0.1, -0.05) is 13.0 Å². The molecule has 2 aromatic heterocycles. The van der Waals surface area contributed by atoms with Gasteiger partial charge in [-0.05, 0) is 18.1 Å². The van der Waals surface area contributed by atoms with Crippen molar-refractivity contribution in [2.75, 3.05) is 0 Å². The molecule has 0 fully saturated rings. The fourth-order valence-corrected chi connectivity index (χ4v) is 3.99. The van der Waals surface area contributed by atoms with Crippen LogP contribution in [-0.4, -0.2) is 39.6 Å². The first-order chi connectivity index (χ1) is 13.2. The molecule has 146 valence electrons. The molecule has 0 aliphatic heterocycles. The molecule has 3 aromatic rings. The van der Waals surface area contributed by atoms with Gasteiger partial charge in [-0.3, -0.25) is 14.1 Å². The van der Waals surface area contributed by atoms with Gasteiger partial charge in [-0.25, -0.2) is 14.4 Å². The van der Waals surface area contributed by atoms with Crippen molar-refractivity contribution in [2.45, 2.75) is 18.6 Å². The van der Waals surface area contributed by atoms with Gasteiger partial charge >= 0.3 is 0 Å². The largest absolute Gasteiger partial charge is 0.366 e. The Balaban J connectivity index is 2.32. The summed E-state index contributed by atoms with van der Waals surface area (Å²) in [7, 11) is -4.65. The van der Waals surface area contributed by atoms with Gasteiger partial charge in [0, 0.05) is 17.8 Å². The SMILES string of the molecule is CCC(c1ccc(C(N)=O)c(F)c1C(=O)c1c[nH]c2ncncc12)S(=O)(=O)O. The third-order valence-electron chi connectivity index (χ3n) is 4.34. The fourth-order valence-electron chi connectivity index (χ4n) is 3.05. The molecule has 0 spiro atoms. The molecule has 4 N–H and O–H groups in total. The number of carbonyl (C=O) groups excluding carboxylic acids is 2. The van der Waals surface area contributed by atoms with Crippen LogP contribution in [0.1, 0.15) is 50.4 Å². The summed E-state index contributed by atoms with van der Waals surface area (Å²) < 4.78 is 48.1. The van der Waals surface area contributed by atoms with Crippen LogP contribution < -0.4 is 5.73 Å². The Hall–Kier alpha value is -3.18. The maximum Gasteiger partial charge on any atom is 0.272 e. The maximum atomic E-state index is 15.1. The van der Waals surface area contributed by atoms with E-state index in [0.29, 0.717) is 5.65 Å². The van der Waals surface area contributed by atoms with Crippen molar-refractivity contribution in [1.29, 1.82) is 0 Å². The van der Waals surface area contributed by atoms with Gasteiger partial charge in [0.2, 0.25) is 0 Å². The van der Waals surface area contributed by atoms with E-state index in [-0.39, 0.29) is 22.9 Å². The van der Waals surface area contributed by atoms with E-state index in [1.807, 2.05) is 0 Å². The van der Waals surface area contributed by atoms with E-state index in [0.717, 1.165) is 12.1 Å². The number of aromatic nitrogens is 3. The van der Waals surface area contributed by atoms with Gasteiger partial charge in [-0.15, -0.1) is 0 Å². The summed E-state index contributed by atoms with van der Waals surface area (Å²) in [5, 5.41) is -1.29. The second kappa shape index (κ2) is 7.09. The lowest BCUT2D eigenvalue weighted by atomic mass is 9.93. The number of rotatable bonds is 6. The molecule has 3 rings (SSSR count). The Morgan fingerprint density at radius 1 is 1.32 bits per heavy atom. The summed E-state index contributed by atoms with van der Waals surface area (Å²) in [5.74, 6) is -3.29. The minimum atomic E-state index is -4.65. The fraction of sp³-hybridized carbons (Fsp3) is 0.176. The number of aromatic amines is 1. The molecule has 0 aliphatic carbocycles. The number of nitrogens with zero attached hydrogens (tertiary/aromatic N) is 2. The van der Waals surface area contributed by atoms with E-state index in [4.69, 9.17) is 5.73 Å². The topological polar surface area (TPSA) is 156 Å². The van der Waals surface area contributed by atoms with Crippen LogP contribution in [-0.2, 0) is 10.1 Å². The van der Waals surface area contributed by atoms with Crippen LogP contribution in [0.2, 0.25) is 0 Å². The Morgan fingerprint density at radius 2 is 2.04 bits per heavy atom. The van der Waals surface area contributed by atoms with Crippen molar-refractivity contribution < 1.29 is 27.0 Å². The molecule has 0 radical (unpaired) electrons. The van der Waals surface area contributed by atoms with Crippen molar-refractivity contribution in [3.63, 3.8) is 0 Å². The highest BCUT2D eigenvalue weighted by Gasteiger charge is 2.32. The van der Waals surface area contributed by atoms with E-state index in [1.165, 1.54) is 25.6 Å². The standard InChI is InChI=1S/C17H15FN4O5S/c1-2-12(28(25,26)27)8-3-4-9(16(19)24)14(18)13(8)15(23)10-6-21-17-11(10)5-20-7-22-17/h3-7,12H,2H2,1H3,(H2,19,24)(H,20,21,22)(H,25,26,27). The number of halogens is 1. The number of H-pyrrole nitrogens is 1. The third-order valence-corrected chi connectivity index (χ3v) is 5.65. The number of benzene rings is 1. The highest BCUT2D eigenvalue weighted by Crippen LogP contribution is 2.33. The predicted molar refractivity (Wildman–Crippen MR) is 96.8 cm³/mol. The summed E-state index contributed by atoms with van der Waals surface area (Å²) in [6, 6.07) is 2.08. The molecule has 9 nitrogen and oxygen atoms in total. The van der Waals surface area contributed by atoms with E-state index in [9.17, 15) is 22.6 Å². The van der Waals surface area contributed by atoms with Crippen LogP contribution in [0.5, 0.6) is 0 Å². The summed E-state index contributed by atoms with van der Waals surface area (Å²) in [4.78, 5) is 35.1. The Morgan fingerprint density at radius 3 is 2.64 bits per heavy atom. The summed E-state index contributed by atoms with van der Waals surface area (Å²) in [6.07, 6.45) is 3.72. The second-order valence-electron chi connectivity index (χ2n) is 5.98. The lowest BCUT2D eigenvalue weighted by Gasteiger charge is -2.17. The number of amides is 1. The lowest BCUT2D eigenvalue weighted by Crippen LogP contribution is -2.21. The quantitative estimate of drug-likeness (QED) is 0.416. The van der Waals surface area contributed by atoms with Gasteiger partial charge < -0.3 is 10.7 Å². The van der Waals surface area contributed by atoms with Gasteiger partial charge in [0.1, 0.15) is 23.0 Å². The average Bonchev–Trinajstić information content (AvgIpc) is 3.04. The molecule has 11 heteroatoms. The molecule has 0 saturated heterocycles. The molecule has 0 aliphatic rings. The highest BCUT2D eigenvalue weighted by atomic mass is 32.2. The van der Waals surface area contributed by atoms with Crippen molar-refractivity contribution in [3.05, 3.63) is 58.9 Å². The molecule has 1 amide bonds. The first kappa shape index (κ1) is 19.6. The molecule has 0 saturated carbocycles. The smallest absolute Gasteiger partial charge is 0.272 e. The second-order valence-corrected chi connectivity index (χ2v) is 7.58. The molecular weight excluding hydrogens is 391 g/mol. The van der Waals surface area contributed by atoms with E-state index in [1.54, 1.807) is 0 Å². The first-order valence-electron chi connectivity index (χ1n) is 8.07. The third kappa shape index (κ3) is 3.25. The number of fused-ring (bicyclic) bond motifs is 1.